The Hall–Kier alpha value is -2.38. The lowest BCUT2D eigenvalue weighted by molar-refractivity contribution is -0.122. The summed E-state index contributed by atoms with van der Waals surface area (Å²) in [4.78, 5) is 28.5. The number of aryl methyl sites for hydroxylation is 1. The second kappa shape index (κ2) is 7.88. The van der Waals surface area contributed by atoms with Crippen LogP contribution in [-0.4, -0.2) is 22.2 Å². The third-order valence-corrected chi connectivity index (χ3v) is 5.07. The van der Waals surface area contributed by atoms with Crippen molar-refractivity contribution in [2.75, 3.05) is 5.32 Å². The molecule has 134 valence electrons. The molecule has 0 radical (unpaired) electrons. The van der Waals surface area contributed by atoms with Gasteiger partial charge in [0.1, 0.15) is 11.1 Å². The number of aliphatic imine (C=N–C) groups is 1. The van der Waals surface area contributed by atoms with Gasteiger partial charge in [0.2, 0.25) is 11.8 Å². The molecule has 2 N–H and O–H groups in total. The summed E-state index contributed by atoms with van der Waals surface area (Å²) >= 11 is 6.88. The van der Waals surface area contributed by atoms with Crippen LogP contribution in [0, 0.1) is 12.7 Å². The number of halogens is 2. The Labute approximate surface area is 159 Å². The van der Waals surface area contributed by atoms with E-state index < -0.39 is 11.1 Å². The maximum atomic E-state index is 13.2. The molecule has 1 saturated heterocycles. The summed E-state index contributed by atoms with van der Waals surface area (Å²) in [6, 6.07) is 11.4. The molecule has 1 heterocycles. The molecule has 1 fully saturated rings. The topological polar surface area (TPSA) is 70.6 Å². The molecule has 2 aromatic carbocycles. The molecule has 0 spiro atoms. The molecule has 26 heavy (non-hydrogen) atoms. The van der Waals surface area contributed by atoms with Crippen molar-refractivity contribution in [1.82, 2.24) is 5.32 Å². The van der Waals surface area contributed by atoms with Crippen LogP contribution in [0.15, 0.2) is 47.5 Å². The van der Waals surface area contributed by atoms with E-state index in [9.17, 15) is 14.0 Å². The highest BCUT2D eigenvalue weighted by Crippen LogP contribution is 2.27. The van der Waals surface area contributed by atoms with E-state index in [0.29, 0.717) is 10.9 Å². The zero-order chi connectivity index (χ0) is 18.7. The number of para-hydroxylation sites is 1. The molecular weight excluding hydrogens is 377 g/mol. The number of thioether (sulfide) groups is 1. The summed E-state index contributed by atoms with van der Waals surface area (Å²) in [6.45, 7) is 1.89. The Morgan fingerprint density at radius 1 is 1.35 bits per heavy atom. The fourth-order valence-corrected chi connectivity index (χ4v) is 3.51. The summed E-state index contributed by atoms with van der Waals surface area (Å²) in [5.41, 5.74) is 2.08. The van der Waals surface area contributed by atoms with Gasteiger partial charge in [0.15, 0.2) is 5.17 Å². The molecule has 0 aliphatic carbocycles. The normalized spacial score (nSPS) is 18.0. The Balaban J connectivity index is 1.64. The van der Waals surface area contributed by atoms with Gasteiger partial charge in [-0.15, -0.1) is 0 Å². The lowest BCUT2D eigenvalue weighted by Crippen LogP contribution is -2.28. The lowest BCUT2D eigenvalue weighted by atomic mass is 10.2. The van der Waals surface area contributed by atoms with Crippen molar-refractivity contribution >= 4 is 51.7 Å². The van der Waals surface area contributed by atoms with Gasteiger partial charge < -0.3 is 10.6 Å². The highest BCUT2D eigenvalue weighted by Gasteiger charge is 2.32. The fraction of sp³-hybridized carbons (Fsp3) is 0.167. The molecule has 3 rings (SSSR count). The molecule has 8 heteroatoms. The first-order chi connectivity index (χ1) is 12.4. The molecule has 2 amide bonds. The average molecular weight is 392 g/mol. The number of nitrogens with zero attached hydrogens (tertiary/aromatic N) is 1. The van der Waals surface area contributed by atoms with Gasteiger partial charge in [0.25, 0.3) is 0 Å². The van der Waals surface area contributed by atoms with E-state index in [0.717, 1.165) is 23.0 Å². The predicted octanol–water partition coefficient (Wildman–Crippen LogP) is 4.04. The van der Waals surface area contributed by atoms with E-state index in [2.05, 4.69) is 15.6 Å². The van der Waals surface area contributed by atoms with Gasteiger partial charge >= 0.3 is 0 Å². The van der Waals surface area contributed by atoms with Gasteiger partial charge in [-0.25, -0.2) is 9.38 Å². The first-order valence-corrected chi connectivity index (χ1v) is 9.05. The van der Waals surface area contributed by atoms with E-state index in [-0.39, 0.29) is 23.3 Å². The van der Waals surface area contributed by atoms with Crippen molar-refractivity contribution in [3.8, 4) is 0 Å². The van der Waals surface area contributed by atoms with E-state index in [1.165, 1.54) is 18.2 Å². The van der Waals surface area contributed by atoms with Crippen molar-refractivity contribution in [2.24, 2.45) is 4.99 Å². The number of nitrogens with one attached hydrogen (secondary N) is 2. The van der Waals surface area contributed by atoms with Gasteiger partial charge in [0.05, 0.1) is 10.7 Å². The van der Waals surface area contributed by atoms with Crippen molar-refractivity contribution in [3.05, 3.63) is 58.9 Å². The van der Waals surface area contributed by atoms with Crippen LogP contribution in [-0.2, 0) is 9.59 Å². The number of benzene rings is 2. The van der Waals surface area contributed by atoms with Gasteiger partial charge in [0, 0.05) is 12.1 Å². The summed E-state index contributed by atoms with van der Waals surface area (Å²) in [5.74, 6) is -1.08. The maximum Gasteiger partial charge on any atom is 0.240 e. The smallest absolute Gasteiger partial charge is 0.240 e. The minimum Gasteiger partial charge on any atom is -0.326 e. The molecule has 1 atom stereocenters. The fourth-order valence-electron chi connectivity index (χ4n) is 2.35. The zero-order valence-corrected chi connectivity index (χ0v) is 15.3. The maximum absolute atomic E-state index is 13.2. The van der Waals surface area contributed by atoms with Gasteiger partial charge in [-0.3, -0.25) is 9.59 Å². The van der Waals surface area contributed by atoms with E-state index in [4.69, 9.17) is 11.6 Å². The van der Waals surface area contributed by atoms with Crippen molar-refractivity contribution in [3.63, 3.8) is 0 Å². The Morgan fingerprint density at radius 2 is 2.12 bits per heavy atom. The van der Waals surface area contributed by atoms with Gasteiger partial charge in [-0.05, 0) is 36.8 Å². The molecule has 0 bridgehead atoms. The number of amides is 2. The number of hydrogen-bond acceptors (Lipinski definition) is 4. The number of carbonyl (C=O) groups is 2. The SMILES string of the molecule is Cc1ccccc1NC(=O)C[C@H]1SC(=Nc2ccc(F)c(Cl)c2)NC1=O. The largest absolute Gasteiger partial charge is 0.326 e. The summed E-state index contributed by atoms with van der Waals surface area (Å²) in [7, 11) is 0. The Kier molecular flexibility index (Phi) is 5.58. The number of rotatable bonds is 4. The molecule has 2 aromatic rings. The quantitative estimate of drug-likeness (QED) is 0.826. The van der Waals surface area contributed by atoms with Crippen LogP contribution in [0.5, 0.6) is 0 Å². The van der Waals surface area contributed by atoms with E-state index in [1.807, 2.05) is 25.1 Å². The number of anilines is 1. The lowest BCUT2D eigenvalue weighted by Gasteiger charge is -2.09. The van der Waals surface area contributed by atoms with Crippen LogP contribution in [0.25, 0.3) is 0 Å². The number of amidine groups is 1. The third-order valence-electron chi connectivity index (χ3n) is 3.70. The second-order valence-electron chi connectivity index (χ2n) is 5.68. The average Bonchev–Trinajstić information content (AvgIpc) is 2.92. The first-order valence-electron chi connectivity index (χ1n) is 7.79. The highest BCUT2D eigenvalue weighted by molar-refractivity contribution is 8.15. The second-order valence-corrected chi connectivity index (χ2v) is 7.28. The summed E-state index contributed by atoms with van der Waals surface area (Å²) in [6.07, 6.45) is 0.0219. The van der Waals surface area contributed by atoms with Crippen molar-refractivity contribution in [2.45, 2.75) is 18.6 Å². The van der Waals surface area contributed by atoms with Crippen molar-refractivity contribution < 1.29 is 14.0 Å². The Morgan fingerprint density at radius 3 is 2.85 bits per heavy atom. The van der Waals surface area contributed by atoms with Gasteiger partial charge in [-0.2, -0.15) is 0 Å². The van der Waals surface area contributed by atoms with Crippen molar-refractivity contribution in [1.29, 1.82) is 0 Å². The van der Waals surface area contributed by atoms with Crippen LogP contribution in [0.1, 0.15) is 12.0 Å². The summed E-state index contributed by atoms with van der Waals surface area (Å²) in [5, 5.41) is 5.16. The van der Waals surface area contributed by atoms with Crippen LogP contribution in [0.4, 0.5) is 15.8 Å². The van der Waals surface area contributed by atoms with E-state index >= 15 is 0 Å². The molecule has 0 unspecified atom stereocenters. The van der Waals surface area contributed by atoms with E-state index in [1.54, 1.807) is 6.07 Å². The first kappa shape index (κ1) is 18.4. The Bertz CT molecular complexity index is 904. The molecule has 1 aliphatic rings. The molecule has 0 aromatic heterocycles. The van der Waals surface area contributed by atoms with Crippen LogP contribution in [0.3, 0.4) is 0 Å². The molecular formula is C18H15ClFN3O2S. The zero-order valence-electron chi connectivity index (χ0n) is 13.8. The van der Waals surface area contributed by atoms with Crippen LogP contribution >= 0.6 is 23.4 Å². The van der Waals surface area contributed by atoms with Crippen LogP contribution in [0.2, 0.25) is 5.02 Å². The minimum absolute atomic E-state index is 0.0219. The number of hydrogen-bond donors (Lipinski definition) is 2. The third kappa shape index (κ3) is 4.42. The predicted molar refractivity (Wildman–Crippen MR) is 102 cm³/mol. The standard InChI is InChI=1S/C18H15ClFN3O2S/c1-10-4-2-3-5-14(10)22-16(24)9-15-17(25)23-18(26-15)21-11-6-7-13(20)12(19)8-11/h2-8,15H,9H2,1H3,(H,22,24)(H,21,23,25)/t15-/m1/s1. The number of carbonyl (C=O) groups excluding carboxylic acids is 2. The van der Waals surface area contributed by atoms with Gasteiger partial charge in [-0.1, -0.05) is 41.6 Å². The molecule has 0 saturated carbocycles. The summed E-state index contributed by atoms with van der Waals surface area (Å²) < 4.78 is 13.2. The monoisotopic (exact) mass is 391 g/mol. The highest BCUT2D eigenvalue weighted by atomic mass is 35.5. The molecule has 1 aliphatic heterocycles. The molecule has 5 nitrogen and oxygen atoms in total. The minimum atomic E-state index is -0.575. The van der Waals surface area contributed by atoms with Crippen LogP contribution < -0.4 is 10.6 Å².